The SMILES string of the molecule is N#C/C(=C/c1ccco1)c1nc2ccc(Cl)cc2c(=O)[nH]1. The molecule has 0 amide bonds. The number of H-pyrrole nitrogens is 1. The molecular formula is C15H8ClN3O2. The molecule has 0 saturated heterocycles. The van der Waals surface area contributed by atoms with E-state index in [1.54, 1.807) is 24.3 Å². The van der Waals surface area contributed by atoms with Gasteiger partial charge in [-0.2, -0.15) is 5.26 Å². The number of nitrogens with zero attached hydrogens (tertiary/aromatic N) is 2. The highest BCUT2D eigenvalue weighted by Gasteiger charge is 2.09. The number of aromatic nitrogens is 2. The van der Waals surface area contributed by atoms with Gasteiger partial charge in [-0.05, 0) is 30.3 Å². The van der Waals surface area contributed by atoms with E-state index in [2.05, 4.69) is 9.97 Å². The van der Waals surface area contributed by atoms with Crippen LogP contribution in [0.15, 0.2) is 45.8 Å². The van der Waals surface area contributed by atoms with Crippen molar-refractivity contribution in [3.63, 3.8) is 0 Å². The van der Waals surface area contributed by atoms with Crippen LogP contribution in [0.2, 0.25) is 5.02 Å². The molecule has 6 heteroatoms. The summed E-state index contributed by atoms with van der Waals surface area (Å²) in [4.78, 5) is 18.9. The van der Waals surface area contributed by atoms with Gasteiger partial charge < -0.3 is 9.40 Å². The minimum atomic E-state index is -0.349. The number of allylic oxidation sites excluding steroid dienone is 1. The summed E-state index contributed by atoms with van der Waals surface area (Å²) in [6, 6.07) is 10.2. The molecule has 2 aromatic heterocycles. The number of furan rings is 1. The van der Waals surface area contributed by atoms with E-state index < -0.39 is 0 Å². The summed E-state index contributed by atoms with van der Waals surface area (Å²) in [5, 5.41) is 10.1. The number of aromatic amines is 1. The minimum absolute atomic E-state index is 0.189. The maximum atomic E-state index is 12.1. The number of halogens is 1. The summed E-state index contributed by atoms with van der Waals surface area (Å²) in [5.74, 6) is 0.694. The van der Waals surface area contributed by atoms with Crippen molar-refractivity contribution in [1.29, 1.82) is 5.26 Å². The zero-order valence-electron chi connectivity index (χ0n) is 10.6. The summed E-state index contributed by atoms with van der Waals surface area (Å²) in [7, 11) is 0. The van der Waals surface area contributed by atoms with Crippen LogP contribution in [0.25, 0.3) is 22.6 Å². The van der Waals surface area contributed by atoms with Gasteiger partial charge in [-0.1, -0.05) is 11.6 Å². The molecule has 0 radical (unpaired) electrons. The Morgan fingerprint density at radius 3 is 3.00 bits per heavy atom. The van der Waals surface area contributed by atoms with Crippen LogP contribution in [-0.2, 0) is 0 Å². The van der Waals surface area contributed by atoms with Crippen molar-refractivity contribution in [3.8, 4) is 6.07 Å². The Labute approximate surface area is 124 Å². The van der Waals surface area contributed by atoms with Gasteiger partial charge in [-0.15, -0.1) is 0 Å². The molecule has 0 aliphatic rings. The molecule has 102 valence electrons. The quantitative estimate of drug-likeness (QED) is 0.736. The van der Waals surface area contributed by atoms with E-state index in [1.165, 1.54) is 18.4 Å². The van der Waals surface area contributed by atoms with Crippen molar-refractivity contribution < 1.29 is 4.42 Å². The van der Waals surface area contributed by atoms with Gasteiger partial charge in [0.15, 0.2) is 5.82 Å². The minimum Gasteiger partial charge on any atom is -0.465 e. The number of hydrogen-bond acceptors (Lipinski definition) is 4. The number of benzene rings is 1. The third-order valence-electron chi connectivity index (χ3n) is 2.87. The second-order valence-electron chi connectivity index (χ2n) is 4.26. The molecule has 0 saturated carbocycles. The largest absolute Gasteiger partial charge is 0.465 e. The van der Waals surface area contributed by atoms with E-state index in [9.17, 15) is 10.1 Å². The van der Waals surface area contributed by atoms with E-state index in [4.69, 9.17) is 16.0 Å². The Kier molecular flexibility index (Phi) is 3.30. The van der Waals surface area contributed by atoms with Gasteiger partial charge in [0.05, 0.1) is 22.7 Å². The fourth-order valence-corrected chi connectivity index (χ4v) is 2.08. The second kappa shape index (κ2) is 5.27. The second-order valence-corrected chi connectivity index (χ2v) is 4.70. The van der Waals surface area contributed by atoms with Gasteiger partial charge in [0.25, 0.3) is 5.56 Å². The number of fused-ring (bicyclic) bond motifs is 1. The predicted octanol–water partition coefficient (Wildman–Crippen LogP) is 3.23. The van der Waals surface area contributed by atoms with Crippen molar-refractivity contribution in [2.75, 3.05) is 0 Å². The van der Waals surface area contributed by atoms with E-state index in [0.717, 1.165) is 0 Å². The normalized spacial score (nSPS) is 11.5. The molecule has 0 fully saturated rings. The molecular weight excluding hydrogens is 290 g/mol. The number of nitriles is 1. The van der Waals surface area contributed by atoms with E-state index in [1.807, 2.05) is 6.07 Å². The van der Waals surface area contributed by atoms with Crippen LogP contribution in [0.5, 0.6) is 0 Å². The Bertz CT molecular complexity index is 934. The molecule has 21 heavy (non-hydrogen) atoms. The first kappa shape index (κ1) is 13.2. The standard InChI is InChI=1S/C15H8ClN3O2/c16-10-3-4-13-12(7-10)15(20)19-14(18-13)9(8-17)6-11-2-1-5-21-11/h1-7H,(H,18,19,20)/b9-6-. The molecule has 1 aromatic carbocycles. The monoisotopic (exact) mass is 297 g/mol. The van der Waals surface area contributed by atoms with E-state index in [-0.39, 0.29) is 17.0 Å². The van der Waals surface area contributed by atoms with Gasteiger partial charge in [-0.3, -0.25) is 4.79 Å². The number of rotatable bonds is 2. The van der Waals surface area contributed by atoms with Crippen LogP contribution in [-0.4, -0.2) is 9.97 Å². The Balaban J connectivity index is 2.19. The molecule has 5 nitrogen and oxygen atoms in total. The molecule has 0 bridgehead atoms. The summed E-state index contributed by atoms with van der Waals surface area (Å²) < 4.78 is 5.16. The predicted molar refractivity (Wildman–Crippen MR) is 79.6 cm³/mol. The van der Waals surface area contributed by atoms with Gasteiger partial charge in [0.1, 0.15) is 11.8 Å². The first-order chi connectivity index (χ1) is 10.2. The summed E-state index contributed by atoms with van der Waals surface area (Å²) in [6.07, 6.45) is 3.01. The smallest absolute Gasteiger partial charge is 0.259 e. The summed E-state index contributed by atoms with van der Waals surface area (Å²) in [5.41, 5.74) is 0.329. The Morgan fingerprint density at radius 1 is 1.43 bits per heavy atom. The highest BCUT2D eigenvalue weighted by atomic mass is 35.5. The lowest BCUT2D eigenvalue weighted by Gasteiger charge is -2.02. The van der Waals surface area contributed by atoms with Gasteiger partial charge in [0.2, 0.25) is 0 Å². The zero-order valence-corrected chi connectivity index (χ0v) is 11.4. The average Bonchev–Trinajstić information content (AvgIpc) is 2.98. The van der Waals surface area contributed by atoms with Gasteiger partial charge in [-0.25, -0.2) is 4.98 Å². The van der Waals surface area contributed by atoms with Crippen LogP contribution in [0.1, 0.15) is 11.6 Å². The maximum Gasteiger partial charge on any atom is 0.259 e. The van der Waals surface area contributed by atoms with Crippen molar-refractivity contribution in [3.05, 3.63) is 63.6 Å². The molecule has 1 N–H and O–H groups in total. The molecule has 2 heterocycles. The summed E-state index contributed by atoms with van der Waals surface area (Å²) >= 11 is 5.86. The van der Waals surface area contributed by atoms with Crippen molar-refractivity contribution >= 4 is 34.2 Å². The molecule has 0 unspecified atom stereocenters. The van der Waals surface area contributed by atoms with Crippen LogP contribution in [0.4, 0.5) is 0 Å². The van der Waals surface area contributed by atoms with Crippen molar-refractivity contribution in [2.24, 2.45) is 0 Å². The van der Waals surface area contributed by atoms with Gasteiger partial charge in [0, 0.05) is 11.1 Å². The van der Waals surface area contributed by atoms with Crippen LogP contribution >= 0.6 is 11.6 Å². The van der Waals surface area contributed by atoms with E-state index in [0.29, 0.717) is 21.7 Å². The first-order valence-electron chi connectivity index (χ1n) is 6.02. The molecule has 0 atom stereocenters. The Hall–Kier alpha value is -2.84. The topological polar surface area (TPSA) is 82.7 Å². The average molecular weight is 298 g/mol. The fraction of sp³-hybridized carbons (Fsp3) is 0. The highest BCUT2D eigenvalue weighted by molar-refractivity contribution is 6.31. The molecule has 0 aliphatic carbocycles. The number of hydrogen-bond donors (Lipinski definition) is 1. The lowest BCUT2D eigenvalue weighted by Crippen LogP contribution is -2.11. The fourth-order valence-electron chi connectivity index (χ4n) is 1.91. The lowest BCUT2D eigenvalue weighted by atomic mass is 10.2. The third kappa shape index (κ3) is 2.57. The number of nitrogens with one attached hydrogen (secondary N) is 1. The zero-order chi connectivity index (χ0) is 14.8. The molecule has 0 aliphatic heterocycles. The highest BCUT2D eigenvalue weighted by Crippen LogP contribution is 2.18. The maximum absolute atomic E-state index is 12.1. The lowest BCUT2D eigenvalue weighted by molar-refractivity contribution is 0.557. The van der Waals surface area contributed by atoms with Crippen LogP contribution < -0.4 is 5.56 Å². The summed E-state index contributed by atoms with van der Waals surface area (Å²) in [6.45, 7) is 0. The Morgan fingerprint density at radius 2 is 2.29 bits per heavy atom. The van der Waals surface area contributed by atoms with Crippen LogP contribution in [0, 0.1) is 11.3 Å². The van der Waals surface area contributed by atoms with E-state index >= 15 is 0 Å². The van der Waals surface area contributed by atoms with Crippen LogP contribution in [0.3, 0.4) is 0 Å². The van der Waals surface area contributed by atoms with Gasteiger partial charge >= 0.3 is 0 Å². The molecule has 3 rings (SSSR count). The van der Waals surface area contributed by atoms with Crippen molar-refractivity contribution in [2.45, 2.75) is 0 Å². The van der Waals surface area contributed by atoms with Crippen molar-refractivity contribution in [1.82, 2.24) is 9.97 Å². The third-order valence-corrected chi connectivity index (χ3v) is 3.11. The molecule has 0 spiro atoms. The first-order valence-corrected chi connectivity index (χ1v) is 6.40. The molecule has 3 aromatic rings.